The van der Waals surface area contributed by atoms with Crippen molar-refractivity contribution in [1.29, 1.82) is 0 Å². The maximum atomic E-state index is 4.67. The monoisotopic (exact) mass is 370 g/mol. The molecule has 0 unspecified atom stereocenters. The van der Waals surface area contributed by atoms with Crippen LogP contribution in [0.5, 0.6) is 0 Å². The summed E-state index contributed by atoms with van der Waals surface area (Å²) in [6, 6.07) is 6.22. The molecule has 0 spiro atoms. The molecule has 0 radical (unpaired) electrons. The molecule has 27 heavy (non-hydrogen) atoms. The third kappa shape index (κ3) is 5.43. The molecular formula is C19H30N8. The van der Waals surface area contributed by atoms with Crippen molar-refractivity contribution in [3.63, 3.8) is 0 Å². The number of pyridine rings is 1. The van der Waals surface area contributed by atoms with E-state index in [9.17, 15) is 0 Å². The molecule has 1 saturated heterocycles. The first kappa shape index (κ1) is 19.2. The lowest BCUT2D eigenvalue weighted by molar-refractivity contribution is 0.312. The Morgan fingerprint density at radius 3 is 2.56 bits per heavy atom. The van der Waals surface area contributed by atoms with Crippen LogP contribution in [0.25, 0.3) is 0 Å². The van der Waals surface area contributed by atoms with E-state index >= 15 is 0 Å². The van der Waals surface area contributed by atoms with Crippen molar-refractivity contribution in [3.8, 4) is 0 Å². The lowest BCUT2D eigenvalue weighted by Crippen LogP contribution is -2.44. The minimum absolute atomic E-state index is 0.594. The minimum Gasteiger partial charge on any atom is -0.357 e. The van der Waals surface area contributed by atoms with Gasteiger partial charge in [-0.2, -0.15) is 5.10 Å². The van der Waals surface area contributed by atoms with Gasteiger partial charge in [-0.3, -0.25) is 4.68 Å². The molecule has 1 aliphatic rings. The van der Waals surface area contributed by atoms with Gasteiger partial charge in [-0.1, -0.05) is 6.07 Å². The molecular weight excluding hydrogens is 340 g/mol. The zero-order valence-corrected chi connectivity index (χ0v) is 16.5. The number of hydrogen-bond donors (Lipinski definition) is 2. The van der Waals surface area contributed by atoms with Crippen molar-refractivity contribution in [1.82, 2.24) is 30.3 Å². The molecule has 0 saturated carbocycles. The van der Waals surface area contributed by atoms with Gasteiger partial charge in [0.25, 0.3) is 0 Å². The number of nitrogens with one attached hydrogen (secondary N) is 2. The fraction of sp³-hybridized carbons (Fsp3) is 0.526. The Balaban J connectivity index is 1.56. The Morgan fingerprint density at radius 2 is 1.93 bits per heavy atom. The molecule has 0 atom stereocenters. The van der Waals surface area contributed by atoms with Gasteiger partial charge in [0, 0.05) is 52.2 Å². The summed E-state index contributed by atoms with van der Waals surface area (Å²) in [7, 11) is 4.10. The Labute approximate surface area is 161 Å². The molecule has 1 aliphatic heterocycles. The number of aliphatic imine (C=N–C) groups is 1. The molecule has 3 rings (SSSR count). The number of nitrogens with zero attached hydrogens (tertiary/aromatic N) is 6. The number of guanidine groups is 1. The van der Waals surface area contributed by atoms with E-state index in [0.29, 0.717) is 13.1 Å². The Hall–Kier alpha value is -2.61. The summed E-state index contributed by atoms with van der Waals surface area (Å²) >= 11 is 0. The Morgan fingerprint density at radius 1 is 1.11 bits per heavy atom. The van der Waals surface area contributed by atoms with Crippen LogP contribution >= 0.6 is 0 Å². The summed E-state index contributed by atoms with van der Waals surface area (Å²) in [6.07, 6.45) is 3.73. The molecule has 0 amide bonds. The predicted octanol–water partition coefficient (Wildman–Crippen LogP) is 0.822. The average molecular weight is 371 g/mol. The van der Waals surface area contributed by atoms with Crippen LogP contribution in [-0.2, 0) is 20.1 Å². The lowest BCUT2D eigenvalue weighted by atomic mass is 10.2. The van der Waals surface area contributed by atoms with Gasteiger partial charge in [0.1, 0.15) is 5.82 Å². The second kappa shape index (κ2) is 9.36. The van der Waals surface area contributed by atoms with Crippen molar-refractivity contribution in [2.75, 3.05) is 44.7 Å². The number of anilines is 1. The summed E-state index contributed by atoms with van der Waals surface area (Å²) in [4.78, 5) is 14.0. The SMILES string of the molecule is CCNC(=NCc1ccc(N2CCN(C)CC2)nc1)NCc1ccnn1C. The van der Waals surface area contributed by atoms with Gasteiger partial charge < -0.3 is 20.4 Å². The molecule has 0 aromatic carbocycles. The molecule has 2 N–H and O–H groups in total. The van der Waals surface area contributed by atoms with E-state index in [2.05, 4.69) is 61.6 Å². The summed E-state index contributed by atoms with van der Waals surface area (Å²) < 4.78 is 1.86. The molecule has 2 aromatic heterocycles. The van der Waals surface area contributed by atoms with Crippen molar-refractivity contribution < 1.29 is 0 Å². The standard InChI is InChI=1S/C19H30N8/c1-4-20-19(23-15-17-7-8-24-26(17)3)22-14-16-5-6-18(21-13-16)27-11-9-25(2)10-12-27/h5-8,13H,4,9-12,14-15H2,1-3H3,(H2,20,22,23). The topological polar surface area (TPSA) is 73.6 Å². The van der Waals surface area contributed by atoms with Crippen LogP contribution in [0, 0.1) is 0 Å². The number of piperazine rings is 1. The Bertz CT molecular complexity index is 728. The first-order chi connectivity index (χ1) is 13.2. The number of hydrogen-bond acceptors (Lipinski definition) is 5. The third-order valence-electron chi connectivity index (χ3n) is 4.76. The van der Waals surface area contributed by atoms with Gasteiger partial charge in [0.05, 0.1) is 18.8 Å². The van der Waals surface area contributed by atoms with Gasteiger partial charge in [-0.15, -0.1) is 0 Å². The maximum absolute atomic E-state index is 4.67. The van der Waals surface area contributed by atoms with Crippen LogP contribution in [0.1, 0.15) is 18.2 Å². The van der Waals surface area contributed by atoms with E-state index in [0.717, 1.165) is 55.8 Å². The third-order valence-corrected chi connectivity index (χ3v) is 4.76. The van der Waals surface area contributed by atoms with E-state index in [1.807, 2.05) is 24.0 Å². The van der Waals surface area contributed by atoms with Gasteiger partial charge in [0.2, 0.25) is 0 Å². The van der Waals surface area contributed by atoms with Crippen molar-refractivity contribution in [2.24, 2.45) is 12.0 Å². The van der Waals surface area contributed by atoms with E-state index in [1.54, 1.807) is 6.20 Å². The first-order valence-electron chi connectivity index (χ1n) is 9.53. The van der Waals surface area contributed by atoms with Gasteiger partial charge in [-0.05, 0) is 31.7 Å². The summed E-state index contributed by atoms with van der Waals surface area (Å²) in [5.74, 6) is 1.85. The number of aromatic nitrogens is 3. The highest BCUT2D eigenvalue weighted by Gasteiger charge is 2.14. The van der Waals surface area contributed by atoms with Crippen LogP contribution < -0.4 is 15.5 Å². The van der Waals surface area contributed by atoms with Gasteiger partial charge in [-0.25, -0.2) is 9.98 Å². The lowest BCUT2D eigenvalue weighted by Gasteiger charge is -2.33. The van der Waals surface area contributed by atoms with E-state index < -0.39 is 0 Å². The Kier molecular flexibility index (Phi) is 6.64. The highest BCUT2D eigenvalue weighted by Crippen LogP contribution is 2.14. The highest BCUT2D eigenvalue weighted by molar-refractivity contribution is 5.79. The molecule has 0 bridgehead atoms. The quantitative estimate of drug-likeness (QED) is 0.579. The van der Waals surface area contributed by atoms with E-state index in [-0.39, 0.29) is 0 Å². The average Bonchev–Trinajstić information content (AvgIpc) is 3.10. The van der Waals surface area contributed by atoms with Gasteiger partial charge in [0.15, 0.2) is 5.96 Å². The maximum Gasteiger partial charge on any atom is 0.191 e. The first-order valence-corrected chi connectivity index (χ1v) is 9.53. The van der Waals surface area contributed by atoms with Crippen molar-refractivity contribution in [2.45, 2.75) is 20.0 Å². The number of rotatable bonds is 6. The molecule has 1 fully saturated rings. The minimum atomic E-state index is 0.594. The van der Waals surface area contributed by atoms with Crippen LogP contribution in [0.3, 0.4) is 0 Å². The van der Waals surface area contributed by atoms with E-state index in [4.69, 9.17) is 0 Å². The number of aryl methyl sites for hydroxylation is 1. The largest absolute Gasteiger partial charge is 0.357 e. The smallest absolute Gasteiger partial charge is 0.191 e. The fourth-order valence-corrected chi connectivity index (χ4v) is 2.99. The normalized spacial score (nSPS) is 15.8. The van der Waals surface area contributed by atoms with Crippen LogP contribution in [0.15, 0.2) is 35.6 Å². The molecule has 8 nitrogen and oxygen atoms in total. The second-order valence-corrected chi connectivity index (χ2v) is 6.81. The summed E-state index contributed by atoms with van der Waals surface area (Å²) in [5, 5.41) is 10.8. The van der Waals surface area contributed by atoms with Crippen LogP contribution in [0.2, 0.25) is 0 Å². The van der Waals surface area contributed by atoms with E-state index in [1.165, 1.54) is 0 Å². The molecule has 3 heterocycles. The second-order valence-electron chi connectivity index (χ2n) is 6.81. The van der Waals surface area contributed by atoms with Crippen LogP contribution in [0.4, 0.5) is 5.82 Å². The van der Waals surface area contributed by atoms with Gasteiger partial charge >= 0.3 is 0 Å². The predicted molar refractivity (Wildman–Crippen MR) is 109 cm³/mol. The summed E-state index contributed by atoms with van der Waals surface area (Å²) in [5.41, 5.74) is 2.21. The molecule has 146 valence electrons. The fourth-order valence-electron chi connectivity index (χ4n) is 2.99. The van der Waals surface area contributed by atoms with Crippen LogP contribution in [-0.4, -0.2) is 65.4 Å². The zero-order chi connectivity index (χ0) is 19.1. The highest BCUT2D eigenvalue weighted by atomic mass is 15.3. The number of likely N-dealkylation sites (N-methyl/N-ethyl adjacent to an activating group) is 1. The molecule has 2 aromatic rings. The summed E-state index contributed by atoms with van der Waals surface area (Å²) in [6.45, 7) is 8.39. The van der Waals surface area contributed by atoms with Crippen molar-refractivity contribution >= 4 is 11.8 Å². The molecule has 0 aliphatic carbocycles. The van der Waals surface area contributed by atoms with Crippen molar-refractivity contribution in [3.05, 3.63) is 41.9 Å². The molecule has 8 heteroatoms. The zero-order valence-electron chi connectivity index (χ0n) is 16.5.